The van der Waals surface area contributed by atoms with Crippen LogP contribution >= 0.6 is 23.2 Å². The summed E-state index contributed by atoms with van der Waals surface area (Å²) in [4.78, 5) is 2.98. The first-order chi connectivity index (χ1) is 10.6. The van der Waals surface area contributed by atoms with E-state index in [0.29, 0.717) is 21.2 Å². The fraction of sp³-hybridized carbons (Fsp3) is 0.0588. The molecule has 2 nitrogen and oxygen atoms in total. The topological polar surface area (TPSA) is 36.0 Å². The third-order valence-corrected chi connectivity index (χ3v) is 4.23. The normalized spacial score (nSPS) is 12.4. The Hall–Kier alpha value is -1.81. The van der Waals surface area contributed by atoms with Gasteiger partial charge in [0, 0.05) is 23.5 Å². The second kappa shape index (κ2) is 6.13. The first-order valence-corrected chi connectivity index (χ1v) is 7.37. The molecule has 0 amide bonds. The summed E-state index contributed by atoms with van der Waals surface area (Å²) in [5.41, 5.74) is 2.95. The fourth-order valence-electron chi connectivity index (χ4n) is 2.34. The molecule has 1 heterocycles. The Bertz CT molecular complexity index is 799. The van der Waals surface area contributed by atoms with Crippen LogP contribution in [0.15, 0.2) is 54.9 Å². The Balaban J connectivity index is 2.01. The minimum absolute atomic E-state index is 0.338. The zero-order valence-electron chi connectivity index (χ0n) is 11.4. The number of rotatable bonds is 3. The maximum Gasteiger partial charge on any atom is 0.123 e. The number of aliphatic hydroxyl groups is 1. The molecule has 0 aliphatic rings. The zero-order chi connectivity index (χ0) is 15.7. The number of aromatic amines is 1. The van der Waals surface area contributed by atoms with Crippen molar-refractivity contribution in [3.05, 3.63) is 81.8 Å². The highest BCUT2D eigenvalue weighted by molar-refractivity contribution is 6.42. The van der Waals surface area contributed by atoms with E-state index in [1.807, 2.05) is 6.07 Å². The summed E-state index contributed by atoms with van der Waals surface area (Å²) in [5, 5.41) is 11.5. The first kappa shape index (κ1) is 15.1. The molecular weight excluding hydrogens is 324 g/mol. The molecule has 2 N–H and O–H groups in total. The van der Waals surface area contributed by atoms with E-state index in [1.54, 1.807) is 36.7 Å². The second-order valence-corrected chi connectivity index (χ2v) is 5.72. The third-order valence-electron chi connectivity index (χ3n) is 3.49. The van der Waals surface area contributed by atoms with Gasteiger partial charge < -0.3 is 10.1 Å². The highest BCUT2D eigenvalue weighted by atomic mass is 35.5. The number of hydrogen-bond acceptors (Lipinski definition) is 1. The van der Waals surface area contributed by atoms with Gasteiger partial charge in [0.25, 0.3) is 0 Å². The van der Waals surface area contributed by atoms with Gasteiger partial charge in [-0.15, -0.1) is 0 Å². The van der Waals surface area contributed by atoms with E-state index in [2.05, 4.69) is 4.98 Å². The summed E-state index contributed by atoms with van der Waals surface area (Å²) in [6.45, 7) is 0. The molecule has 0 aliphatic carbocycles. The van der Waals surface area contributed by atoms with Crippen LogP contribution in [0.2, 0.25) is 10.0 Å². The number of H-pyrrole nitrogens is 1. The Morgan fingerprint density at radius 3 is 2.36 bits per heavy atom. The van der Waals surface area contributed by atoms with Gasteiger partial charge in [-0.2, -0.15) is 0 Å². The lowest BCUT2D eigenvalue weighted by Crippen LogP contribution is -2.00. The van der Waals surface area contributed by atoms with Crippen molar-refractivity contribution in [1.82, 2.24) is 4.98 Å². The van der Waals surface area contributed by atoms with Crippen molar-refractivity contribution in [2.75, 3.05) is 0 Å². The van der Waals surface area contributed by atoms with Crippen molar-refractivity contribution in [1.29, 1.82) is 0 Å². The molecule has 22 heavy (non-hydrogen) atoms. The molecule has 2 aromatic carbocycles. The van der Waals surface area contributed by atoms with E-state index >= 15 is 0 Å². The van der Waals surface area contributed by atoms with Crippen LogP contribution in [-0.2, 0) is 0 Å². The molecule has 1 atom stereocenters. The predicted molar refractivity (Wildman–Crippen MR) is 86.7 cm³/mol. The van der Waals surface area contributed by atoms with Gasteiger partial charge in [0.2, 0.25) is 0 Å². The molecule has 0 aliphatic heterocycles. The Labute approximate surface area is 137 Å². The molecule has 0 radical (unpaired) electrons. The average Bonchev–Trinajstić information content (AvgIpc) is 2.99. The van der Waals surface area contributed by atoms with Crippen LogP contribution in [-0.4, -0.2) is 10.1 Å². The second-order valence-electron chi connectivity index (χ2n) is 4.91. The van der Waals surface area contributed by atoms with E-state index < -0.39 is 6.10 Å². The molecule has 0 fully saturated rings. The predicted octanol–water partition coefficient (Wildman–Crippen LogP) is 5.21. The number of nitrogens with one attached hydrogen (secondary N) is 1. The minimum Gasteiger partial charge on any atom is -0.384 e. The van der Waals surface area contributed by atoms with Crippen molar-refractivity contribution in [2.45, 2.75) is 6.10 Å². The molecule has 3 aromatic rings. The summed E-state index contributed by atoms with van der Waals surface area (Å²) in [7, 11) is 0. The highest BCUT2D eigenvalue weighted by Gasteiger charge is 2.17. The van der Waals surface area contributed by atoms with Gasteiger partial charge >= 0.3 is 0 Å². The summed E-state index contributed by atoms with van der Waals surface area (Å²) in [5.74, 6) is -0.338. The summed E-state index contributed by atoms with van der Waals surface area (Å²) < 4.78 is 13.0. The van der Waals surface area contributed by atoms with Gasteiger partial charge in [0.05, 0.1) is 10.0 Å². The lowest BCUT2D eigenvalue weighted by molar-refractivity contribution is 0.221. The van der Waals surface area contributed by atoms with Gasteiger partial charge in [0.15, 0.2) is 0 Å². The van der Waals surface area contributed by atoms with Crippen LogP contribution in [0.5, 0.6) is 0 Å². The van der Waals surface area contributed by atoms with Crippen LogP contribution in [0, 0.1) is 5.82 Å². The SMILES string of the molecule is O[C@H](c1ccc(F)cc1)c1c[nH]cc1-c1ccc(Cl)c(Cl)c1. The minimum atomic E-state index is -0.865. The van der Waals surface area contributed by atoms with Crippen LogP contribution in [0.25, 0.3) is 11.1 Å². The van der Waals surface area contributed by atoms with Crippen molar-refractivity contribution >= 4 is 23.2 Å². The fourth-order valence-corrected chi connectivity index (χ4v) is 2.64. The van der Waals surface area contributed by atoms with E-state index in [4.69, 9.17) is 23.2 Å². The van der Waals surface area contributed by atoms with Gasteiger partial charge in [-0.25, -0.2) is 4.39 Å². The summed E-state index contributed by atoms with van der Waals surface area (Å²) >= 11 is 12.0. The molecule has 0 unspecified atom stereocenters. The van der Waals surface area contributed by atoms with E-state index in [9.17, 15) is 9.50 Å². The number of benzene rings is 2. The van der Waals surface area contributed by atoms with Gasteiger partial charge in [-0.05, 0) is 35.4 Å². The standard InChI is InChI=1S/C17H12Cl2FNO/c18-15-6-3-11(7-16(15)19)13-8-21-9-14(13)17(22)10-1-4-12(20)5-2-10/h1-9,17,21-22H/t17-/m1/s1. The quantitative estimate of drug-likeness (QED) is 0.677. The maximum absolute atomic E-state index is 13.0. The van der Waals surface area contributed by atoms with Crippen molar-refractivity contribution in [3.8, 4) is 11.1 Å². The maximum atomic E-state index is 13.0. The van der Waals surface area contributed by atoms with Crippen molar-refractivity contribution in [2.24, 2.45) is 0 Å². The van der Waals surface area contributed by atoms with Crippen LogP contribution in [0.3, 0.4) is 0 Å². The smallest absolute Gasteiger partial charge is 0.123 e. The number of halogens is 3. The Morgan fingerprint density at radius 2 is 1.68 bits per heavy atom. The number of hydrogen-bond donors (Lipinski definition) is 2. The van der Waals surface area contributed by atoms with Crippen LogP contribution < -0.4 is 0 Å². The van der Waals surface area contributed by atoms with E-state index in [-0.39, 0.29) is 5.82 Å². The lowest BCUT2D eigenvalue weighted by atomic mass is 9.97. The van der Waals surface area contributed by atoms with Crippen molar-refractivity contribution in [3.63, 3.8) is 0 Å². The highest BCUT2D eigenvalue weighted by Crippen LogP contribution is 2.34. The van der Waals surface area contributed by atoms with Crippen LogP contribution in [0.4, 0.5) is 4.39 Å². The van der Waals surface area contributed by atoms with Gasteiger partial charge in [-0.1, -0.05) is 41.4 Å². The molecule has 0 saturated carbocycles. The van der Waals surface area contributed by atoms with E-state index in [1.165, 1.54) is 12.1 Å². The molecule has 0 spiro atoms. The number of aliphatic hydroxyl groups excluding tert-OH is 1. The monoisotopic (exact) mass is 335 g/mol. The Morgan fingerprint density at radius 1 is 0.955 bits per heavy atom. The lowest BCUT2D eigenvalue weighted by Gasteiger charge is -2.13. The molecule has 3 rings (SSSR count). The molecule has 1 aromatic heterocycles. The first-order valence-electron chi connectivity index (χ1n) is 6.62. The summed E-state index contributed by atoms with van der Waals surface area (Å²) in [6.07, 6.45) is 2.63. The molecule has 112 valence electrons. The van der Waals surface area contributed by atoms with Crippen molar-refractivity contribution < 1.29 is 9.50 Å². The Kier molecular flexibility index (Phi) is 4.21. The zero-order valence-corrected chi connectivity index (χ0v) is 12.9. The molecular formula is C17H12Cl2FNO. The van der Waals surface area contributed by atoms with Gasteiger partial charge in [0.1, 0.15) is 11.9 Å². The average molecular weight is 336 g/mol. The molecule has 0 bridgehead atoms. The third kappa shape index (κ3) is 2.88. The summed E-state index contributed by atoms with van der Waals surface area (Å²) in [6, 6.07) is 11.1. The molecule has 5 heteroatoms. The van der Waals surface area contributed by atoms with E-state index in [0.717, 1.165) is 11.1 Å². The van der Waals surface area contributed by atoms with Gasteiger partial charge in [-0.3, -0.25) is 0 Å². The van der Waals surface area contributed by atoms with Crippen LogP contribution in [0.1, 0.15) is 17.2 Å². The number of aromatic nitrogens is 1. The largest absolute Gasteiger partial charge is 0.384 e. The molecule has 0 saturated heterocycles.